The molecule has 1 aromatic carbocycles. The van der Waals surface area contributed by atoms with E-state index in [1.165, 1.54) is 0 Å². The summed E-state index contributed by atoms with van der Waals surface area (Å²) in [5.41, 5.74) is 0. The van der Waals surface area contributed by atoms with Gasteiger partial charge in [-0.15, -0.1) is 0 Å². The van der Waals surface area contributed by atoms with Crippen molar-refractivity contribution >= 4 is 0 Å². The van der Waals surface area contributed by atoms with Crippen LogP contribution in [0.2, 0.25) is 0 Å². The third kappa shape index (κ3) is 1.94. The molecule has 1 rings (SSSR count). The molecule has 0 spiro atoms. The van der Waals surface area contributed by atoms with Gasteiger partial charge in [-0.05, 0) is 32.0 Å². The van der Waals surface area contributed by atoms with Gasteiger partial charge in [0, 0.05) is 0 Å². The Morgan fingerprint density at radius 2 is 1.75 bits per heavy atom. The molecule has 0 unspecified atom stereocenters. The van der Waals surface area contributed by atoms with E-state index in [-0.39, 0.29) is 11.9 Å². The molecule has 0 fully saturated rings. The van der Waals surface area contributed by atoms with Crippen LogP contribution >= 0.6 is 0 Å². The highest BCUT2D eigenvalue weighted by atomic mass is 19.1. The fraction of sp³-hybridized carbons (Fsp3) is 0.333. The topological polar surface area (TPSA) is 9.23 Å². The smallest absolute Gasteiger partial charge is 0.191 e. The van der Waals surface area contributed by atoms with E-state index < -0.39 is 11.6 Å². The summed E-state index contributed by atoms with van der Waals surface area (Å²) in [5.74, 6) is -1.77. The Kier molecular flexibility index (Phi) is 2.63. The highest BCUT2D eigenvalue weighted by Crippen LogP contribution is 2.21. The summed E-state index contributed by atoms with van der Waals surface area (Å²) in [7, 11) is 0. The zero-order valence-electron chi connectivity index (χ0n) is 6.90. The van der Waals surface area contributed by atoms with Crippen LogP contribution < -0.4 is 4.74 Å². The first-order valence-electron chi connectivity index (χ1n) is 3.63. The number of halogens is 2. The van der Waals surface area contributed by atoms with Crippen molar-refractivity contribution in [2.24, 2.45) is 0 Å². The predicted molar refractivity (Wildman–Crippen MR) is 41.0 cm³/mol. The molecule has 1 radical (unpaired) electrons. The zero-order chi connectivity index (χ0) is 9.14. The molecule has 3 heteroatoms. The molecule has 12 heavy (non-hydrogen) atoms. The van der Waals surface area contributed by atoms with Crippen LogP contribution in [0.5, 0.6) is 5.75 Å². The average molecular weight is 171 g/mol. The summed E-state index contributed by atoms with van der Waals surface area (Å²) in [6.07, 6.45) is -0.239. The number of benzene rings is 1. The molecule has 0 N–H and O–H groups in total. The molecule has 65 valence electrons. The van der Waals surface area contributed by atoms with Crippen LogP contribution in [-0.2, 0) is 0 Å². The first-order chi connectivity index (χ1) is 5.61. The van der Waals surface area contributed by atoms with Crippen molar-refractivity contribution in [3.8, 4) is 5.75 Å². The van der Waals surface area contributed by atoms with Gasteiger partial charge in [0.2, 0.25) is 0 Å². The predicted octanol–water partition coefficient (Wildman–Crippen LogP) is 2.55. The lowest BCUT2D eigenvalue weighted by Gasteiger charge is -2.10. The minimum absolute atomic E-state index is 0.239. The van der Waals surface area contributed by atoms with Gasteiger partial charge in [-0.25, -0.2) is 8.78 Å². The summed E-state index contributed by atoms with van der Waals surface area (Å²) in [6.45, 7) is 3.41. The molecule has 0 atom stereocenters. The fourth-order valence-electron chi connectivity index (χ4n) is 0.781. The normalized spacial score (nSPS) is 10.4. The van der Waals surface area contributed by atoms with Gasteiger partial charge in [0.1, 0.15) is 0 Å². The van der Waals surface area contributed by atoms with E-state index in [9.17, 15) is 8.78 Å². The van der Waals surface area contributed by atoms with Crippen LogP contribution in [0, 0.1) is 17.7 Å². The minimum atomic E-state index is -0.719. The van der Waals surface area contributed by atoms with E-state index in [0.717, 1.165) is 12.1 Å². The van der Waals surface area contributed by atoms with E-state index in [4.69, 9.17) is 4.74 Å². The summed E-state index contributed by atoms with van der Waals surface area (Å²) >= 11 is 0. The molecule has 0 aliphatic rings. The van der Waals surface area contributed by atoms with Crippen molar-refractivity contribution in [1.29, 1.82) is 0 Å². The summed E-state index contributed by atoms with van der Waals surface area (Å²) in [4.78, 5) is 0. The molecule has 1 aromatic rings. The number of hydrogen-bond donors (Lipinski definition) is 0. The van der Waals surface area contributed by atoms with Crippen LogP contribution in [0.4, 0.5) is 8.78 Å². The maximum atomic E-state index is 12.8. The average Bonchev–Trinajstić information content (AvgIpc) is 1.97. The van der Waals surface area contributed by atoms with Crippen LogP contribution in [-0.4, -0.2) is 6.10 Å². The van der Waals surface area contributed by atoms with Crippen molar-refractivity contribution < 1.29 is 13.5 Å². The van der Waals surface area contributed by atoms with E-state index >= 15 is 0 Å². The molecular weight excluding hydrogens is 162 g/mol. The zero-order valence-corrected chi connectivity index (χ0v) is 6.90. The van der Waals surface area contributed by atoms with Gasteiger partial charge >= 0.3 is 0 Å². The molecule has 1 nitrogen and oxygen atoms in total. The van der Waals surface area contributed by atoms with Gasteiger partial charge in [-0.2, -0.15) is 0 Å². The summed E-state index contributed by atoms with van der Waals surface area (Å²) < 4.78 is 30.5. The van der Waals surface area contributed by atoms with E-state index in [1.807, 2.05) is 0 Å². The first-order valence-corrected chi connectivity index (χ1v) is 3.63. The molecule has 0 aliphatic heterocycles. The molecule has 0 aliphatic carbocycles. The number of hydrogen-bond acceptors (Lipinski definition) is 1. The highest BCUT2D eigenvalue weighted by molar-refractivity contribution is 5.25. The van der Waals surface area contributed by atoms with Crippen LogP contribution in [0.15, 0.2) is 12.1 Å². The molecule has 0 amide bonds. The number of rotatable bonds is 2. The molecule has 0 bridgehead atoms. The molecule has 0 aromatic heterocycles. The second-order valence-corrected chi connectivity index (χ2v) is 2.65. The van der Waals surface area contributed by atoms with Crippen molar-refractivity contribution in [1.82, 2.24) is 0 Å². The second kappa shape index (κ2) is 3.52. The highest BCUT2D eigenvalue weighted by Gasteiger charge is 2.10. The Bertz CT molecular complexity index is 251. The number of ether oxygens (including phenoxy) is 1. The lowest BCUT2D eigenvalue weighted by molar-refractivity contribution is 0.219. The van der Waals surface area contributed by atoms with Crippen molar-refractivity contribution in [2.75, 3.05) is 0 Å². The summed E-state index contributed by atoms with van der Waals surface area (Å²) in [6, 6.07) is 4.40. The van der Waals surface area contributed by atoms with Gasteiger partial charge in [0.25, 0.3) is 0 Å². The van der Waals surface area contributed by atoms with Crippen LogP contribution in [0.1, 0.15) is 13.8 Å². The third-order valence-corrected chi connectivity index (χ3v) is 1.21. The van der Waals surface area contributed by atoms with Gasteiger partial charge in [0.15, 0.2) is 17.4 Å². The largest absolute Gasteiger partial charge is 0.485 e. The van der Waals surface area contributed by atoms with Crippen LogP contribution in [0.3, 0.4) is 0 Å². The third-order valence-electron chi connectivity index (χ3n) is 1.21. The van der Waals surface area contributed by atoms with Gasteiger partial charge in [0.05, 0.1) is 6.10 Å². The fourth-order valence-corrected chi connectivity index (χ4v) is 0.781. The Hall–Kier alpha value is -1.12. The van der Waals surface area contributed by atoms with Gasteiger partial charge in [-0.3, -0.25) is 0 Å². The maximum Gasteiger partial charge on any atom is 0.191 e. The molecule has 0 heterocycles. The van der Waals surface area contributed by atoms with Crippen LogP contribution in [0.25, 0.3) is 0 Å². The first kappa shape index (κ1) is 8.97. The van der Waals surface area contributed by atoms with Crippen molar-refractivity contribution in [2.45, 2.75) is 20.0 Å². The van der Waals surface area contributed by atoms with Crippen molar-refractivity contribution in [3.05, 3.63) is 29.8 Å². The van der Waals surface area contributed by atoms with Gasteiger partial charge < -0.3 is 4.74 Å². The second-order valence-electron chi connectivity index (χ2n) is 2.65. The molecular formula is C9H9F2O. The lowest BCUT2D eigenvalue weighted by atomic mass is 10.3. The van der Waals surface area contributed by atoms with E-state index in [1.54, 1.807) is 13.8 Å². The van der Waals surface area contributed by atoms with Gasteiger partial charge in [-0.1, -0.05) is 0 Å². The maximum absolute atomic E-state index is 12.8. The Morgan fingerprint density at radius 1 is 1.25 bits per heavy atom. The lowest BCUT2D eigenvalue weighted by Crippen LogP contribution is -2.08. The Morgan fingerprint density at radius 3 is 2.17 bits per heavy atom. The summed E-state index contributed by atoms with van der Waals surface area (Å²) in [5, 5.41) is 0. The minimum Gasteiger partial charge on any atom is -0.485 e. The van der Waals surface area contributed by atoms with E-state index in [2.05, 4.69) is 6.07 Å². The van der Waals surface area contributed by atoms with E-state index in [0.29, 0.717) is 0 Å². The quantitative estimate of drug-likeness (QED) is 0.664. The Labute approximate surface area is 70.0 Å². The standard InChI is InChI=1S/C9H9F2O/c1-6(2)12-9-7(10)4-3-5-8(9)11/h4-6H,1-2H3. The SMILES string of the molecule is CC(C)Oc1c(F)c[c]cc1F. The monoisotopic (exact) mass is 171 g/mol. The Balaban J connectivity index is 2.96. The van der Waals surface area contributed by atoms with Crippen molar-refractivity contribution in [3.63, 3.8) is 0 Å². The molecule has 0 saturated heterocycles. The molecule has 0 saturated carbocycles.